The Balaban J connectivity index is 2.20. The molecule has 2 rings (SSSR count). The van der Waals surface area contributed by atoms with Crippen LogP contribution in [0.1, 0.15) is 24.5 Å². The van der Waals surface area contributed by atoms with Crippen molar-refractivity contribution in [1.29, 1.82) is 0 Å². The van der Waals surface area contributed by atoms with E-state index in [0.29, 0.717) is 5.75 Å². The highest BCUT2D eigenvalue weighted by atomic mass is 32.2. The predicted molar refractivity (Wildman–Crippen MR) is 83.7 cm³/mol. The van der Waals surface area contributed by atoms with Gasteiger partial charge in [-0.15, -0.1) is 11.8 Å². The maximum atomic E-state index is 12.7. The van der Waals surface area contributed by atoms with E-state index in [1.54, 1.807) is 17.8 Å². The molecule has 0 aliphatic rings. The third-order valence-electron chi connectivity index (χ3n) is 3.02. The minimum absolute atomic E-state index is 0.185. The average molecular weight is 326 g/mol. The number of thioether (sulfide) groups is 1. The van der Waals surface area contributed by atoms with E-state index in [4.69, 9.17) is 4.74 Å². The van der Waals surface area contributed by atoms with Crippen molar-refractivity contribution in [2.24, 2.45) is 0 Å². The fourth-order valence-corrected chi connectivity index (χ4v) is 2.80. The lowest BCUT2D eigenvalue weighted by molar-refractivity contribution is -0.137. The van der Waals surface area contributed by atoms with Gasteiger partial charge in [-0.05, 0) is 55.0 Å². The lowest BCUT2D eigenvalue weighted by Crippen LogP contribution is -2.04. The van der Waals surface area contributed by atoms with Gasteiger partial charge < -0.3 is 4.74 Å². The predicted octanol–water partition coefficient (Wildman–Crippen LogP) is 6.31. The van der Waals surface area contributed by atoms with Crippen LogP contribution in [0.5, 0.6) is 11.5 Å². The van der Waals surface area contributed by atoms with E-state index >= 15 is 0 Å². The van der Waals surface area contributed by atoms with Crippen LogP contribution in [0, 0.1) is 6.92 Å². The van der Waals surface area contributed by atoms with Crippen LogP contribution in [0.25, 0.3) is 0 Å². The largest absolute Gasteiger partial charge is 0.457 e. The minimum atomic E-state index is -4.37. The first-order chi connectivity index (χ1) is 10.4. The highest BCUT2D eigenvalue weighted by Gasteiger charge is 2.30. The molecule has 118 valence electrons. The summed E-state index contributed by atoms with van der Waals surface area (Å²) >= 11 is 1.72. The molecule has 0 aromatic heterocycles. The van der Waals surface area contributed by atoms with Crippen molar-refractivity contribution in [3.63, 3.8) is 0 Å². The Morgan fingerprint density at radius 2 is 1.77 bits per heavy atom. The first-order valence-electron chi connectivity index (χ1n) is 6.98. The Kier molecular flexibility index (Phi) is 5.40. The van der Waals surface area contributed by atoms with Crippen LogP contribution in [-0.4, -0.2) is 5.75 Å². The van der Waals surface area contributed by atoms with E-state index in [1.165, 1.54) is 12.1 Å². The molecule has 5 heteroatoms. The molecule has 0 fully saturated rings. The molecule has 0 heterocycles. The third-order valence-corrected chi connectivity index (χ3v) is 4.38. The van der Waals surface area contributed by atoms with Gasteiger partial charge in [-0.25, -0.2) is 0 Å². The quantitative estimate of drug-likeness (QED) is 0.596. The minimum Gasteiger partial charge on any atom is -0.457 e. The van der Waals surface area contributed by atoms with Gasteiger partial charge in [0.1, 0.15) is 11.5 Å². The Morgan fingerprint density at radius 3 is 2.45 bits per heavy atom. The van der Waals surface area contributed by atoms with E-state index in [0.717, 1.165) is 34.8 Å². The van der Waals surface area contributed by atoms with Crippen LogP contribution in [0.2, 0.25) is 0 Å². The number of alkyl halides is 3. The molecule has 1 nitrogen and oxygen atoms in total. The molecule has 0 saturated carbocycles. The zero-order valence-corrected chi connectivity index (χ0v) is 13.2. The zero-order chi connectivity index (χ0) is 16.2. The molecule has 0 amide bonds. The first-order valence-corrected chi connectivity index (χ1v) is 7.97. The van der Waals surface area contributed by atoms with Crippen molar-refractivity contribution in [1.82, 2.24) is 0 Å². The number of aryl methyl sites for hydroxylation is 1. The summed E-state index contributed by atoms with van der Waals surface area (Å²) in [5, 5.41) is 0. The summed E-state index contributed by atoms with van der Waals surface area (Å²) in [6.45, 7) is 4.11. The topological polar surface area (TPSA) is 9.23 Å². The molecule has 0 radical (unpaired) electrons. The molecular weight excluding hydrogens is 309 g/mol. The SMILES string of the molecule is CCCSc1cc(Oc2cccc(C(F)(F)F)c2)ccc1C. The fraction of sp³-hybridized carbons (Fsp3) is 0.294. The van der Waals surface area contributed by atoms with E-state index < -0.39 is 11.7 Å². The summed E-state index contributed by atoms with van der Waals surface area (Å²) in [7, 11) is 0. The molecule has 0 aliphatic heterocycles. The van der Waals surface area contributed by atoms with E-state index in [9.17, 15) is 13.2 Å². The van der Waals surface area contributed by atoms with Gasteiger partial charge >= 0.3 is 6.18 Å². The number of benzene rings is 2. The molecule has 0 spiro atoms. The summed E-state index contributed by atoms with van der Waals surface area (Å²) in [4.78, 5) is 1.09. The Hall–Kier alpha value is -1.62. The first kappa shape index (κ1) is 16.7. The van der Waals surface area contributed by atoms with Crippen LogP contribution < -0.4 is 4.74 Å². The average Bonchev–Trinajstić information content (AvgIpc) is 2.47. The van der Waals surface area contributed by atoms with E-state index in [1.807, 2.05) is 19.1 Å². The Bertz CT molecular complexity index is 638. The standard InChI is InChI=1S/C17H17F3OS/c1-3-9-22-16-11-15(8-7-12(16)2)21-14-6-4-5-13(10-14)17(18,19)20/h4-8,10-11H,3,9H2,1-2H3. The van der Waals surface area contributed by atoms with Crippen molar-refractivity contribution < 1.29 is 17.9 Å². The molecule has 0 N–H and O–H groups in total. The van der Waals surface area contributed by atoms with Crippen LogP contribution in [0.15, 0.2) is 47.4 Å². The van der Waals surface area contributed by atoms with Crippen molar-refractivity contribution >= 4 is 11.8 Å². The monoisotopic (exact) mass is 326 g/mol. The van der Waals surface area contributed by atoms with Gasteiger partial charge in [0, 0.05) is 4.90 Å². The molecule has 2 aromatic rings. The summed E-state index contributed by atoms with van der Waals surface area (Å²) in [5.41, 5.74) is 0.424. The van der Waals surface area contributed by atoms with Crippen LogP contribution >= 0.6 is 11.8 Å². The maximum absolute atomic E-state index is 12.7. The Labute approximate surface area is 132 Å². The second-order valence-electron chi connectivity index (χ2n) is 4.90. The van der Waals surface area contributed by atoms with Crippen molar-refractivity contribution in [2.75, 3.05) is 5.75 Å². The number of hydrogen-bond donors (Lipinski definition) is 0. The number of halogens is 3. The molecule has 0 saturated heterocycles. The van der Waals surface area contributed by atoms with Crippen molar-refractivity contribution in [3.8, 4) is 11.5 Å². The van der Waals surface area contributed by atoms with Gasteiger partial charge in [-0.3, -0.25) is 0 Å². The molecule has 2 aromatic carbocycles. The smallest absolute Gasteiger partial charge is 0.416 e. The normalized spacial score (nSPS) is 11.5. The number of ether oxygens (including phenoxy) is 1. The second-order valence-corrected chi connectivity index (χ2v) is 6.04. The fourth-order valence-electron chi connectivity index (χ4n) is 1.88. The Morgan fingerprint density at radius 1 is 1.05 bits per heavy atom. The molecular formula is C17H17F3OS. The van der Waals surface area contributed by atoms with Gasteiger partial charge in [0.05, 0.1) is 5.56 Å². The van der Waals surface area contributed by atoms with Crippen LogP contribution in [0.4, 0.5) is 13.2 Å². The molecule has 0 atom stereocenters. The van der Waals surface area contributed by atoms with Crippen molar-refractivity contribution in [2.45, 2.75) is 31.3 Å². The summed E-state index contributed by atoms with van der Waals surface area (Å²) in [6, 6.07) is 10.5. The summed E-state index contributed by atoms with van der Waals surface area (Å²) < 4.78 is 43.7. The second kappa shape index (κ2) is 7.09. The van der Waals surface area contributed by atoms with Gasteiger partial charge in [-0.2, -0.15) is 13.2 Å². The third kappa shape index (κ3) is 4.44. The van der Waals surface area contributed by atoms with Crippen LogP contribution in [-0.2, 0) is 6.18 Å². The van der Waals surface area contributed by atoms with Gasteiger partial charge in [-0.1, -0.05) is 19.1 Å². The lowest BCUT2D eigenvalue weighted by atomic mass is 10.2. The van der Waals surface area contributed by atoms with E-state index in [-0.39, 0.29) is 5.75 Å². The highest BCUT2D eigenvalue weighted by molar-refractivity contribution is 7.99. The highest BCUT2D eigenvalue weighted by Crippen LogP contribution is 2.34. The molecule has 0 bridgehead atoms. The molecule has 0 unspecified atom stereocenters. The van der Waals surface area contributed by atoms with Crippen molar-refractivity contribution in [3.05, 3.63) is 53.6 Å². The molecule has 0 aliphatic carbocycles. The van der Waals surface area contributed by atoms with E-state index in [2.05, 4.69) is 6.92 Å². The van der Waals surface area contributed by atoms with Gasteiger partial charge in [0.2, 0.25) is 0 Å². The summed E-state index contributed by atoms with van der Waals surface area (Å²) in [6.07, 6.45) is -3.31. The van der Waals surface area contributed by atoms with Crippen LogP contribution in [0.3, 0.4) is 0 Å². The number of hydrogen-bond acceptors (Lipinski definition) is 2. The maximum Gasteiger partial charge on any atom is 0.416 e. The summed E-state index contributed by atoms with van der Waals surface area (Å²) in [5.74, 6) is 1.72. The van der Waals surface area contributed by atoms with Gasteiger partial charge in [0.25, 0.3) is 0 Å². The number of rotatable bonds is 5. The van der Waals surface area contributed by atoms with Gasteiger partial charge in [0.15, 0.2) is 0 Å². The zero-order valence-electron chi connectivity index (χ0n) is 12.4. The lowest BCUT2D eigenvalue weighted by Gasteiger charge is -2.12. The molecule has 22 heavy (non-hydrogen) atoms.